The average molecular weight is 322 g/mol. The highest BCUT2D eigenvalue weighted by atomic mass is 32.2. The Bertz CT molecular complexity index is 710. The lowest BCUT2D eigenvalue weighted by atomic mass is 10.1. The number of benzene rings is 1. The summed E-state index contributed by atoms with van der Waals surface area (Å²) < 4.78 is 25.3. The zero-order valence-corrected chi connectivity index (χ0v) is 14.1. The van der Waals surface area contributed by atoms with Crippen LogP contribution in [0, 0.1) is 5.92 Å². The van der Waals surface area contributed by atoms with Gasteiger partial charge in [0.25, 0.3) is 5.91 Å². The van der Waals surface area contributed by atoms with E-state index in [0.717, 1.165) is 12.1 Å². The molecular weight excluding hydrogens is 300 g/mol. The highest BCUT2D eigenvalue weighted by Crippen LogP contribution is 2.35. The van der Waals surface area contributed by atoms with Gasteiger partial charge in [0.05, 0.1) is 11.9 Å². The fourth-order valence-electron chi connectivity index (χ4n) is 3.23. The standard InChI is InChI=1S/C16H22N2O3S/c1-11-8-14-9-13(16(19)17(2)10-12-4-5-12)6-7-15(14)18(11)22(3,20)21/h6-7,9,11-12H,4-5,8,10H2,1-3H3/t11-/m0/s1. The molecule has 1 aromatic carbocycles. The number of hydrogen-bond acceptors (Lipinski definition) is 3. The van der Waals surface area contributed by atoms with Crippen LogP contribution in [0.4, 0.5) is 5.69 Å². The zero-order valence-electron chi connectivity index (χ0n) is 13.2. The molecule has 0 radical (unpaired) electrons. The van der Waals surface area contributed by atoms with Gasteiger partial charge in [-0.3, -0.25) is 9.10 Å². The van der Waals surface area contributed by atoms with Crippen molar-refractivity contribution >= 4 is 21.6 Å². The van der Waals surface area contributed by atoms with Crippen molar-refractivity contribution in [2.24, 2.45) is 5.92 Å². The second-order valence-electron chi connectivity index (χ2n) is 6.58. The van der Waals surface area contributed by atoms with Crippen LogP contribution in [0.3, 0.4) is 0 Å². The first-order valence-electron chi connectivity index (χ1n) is 7.65. The van der Waals surface area contributed by atoms with E-state index in [9.17, 15) is 13.2 Å². The lowest BCUT2D eigenvalue weighted by Gasteiger charge is -2.22. The molecule has 0 unspecified atom stereocenters. The van der Waals surface area contributed by atoms with Gasteiger partial charge in [-0.25, -0.2) is 8.42 Å². The summed E-state index contributed by atoms with van der Waals surface area (Å²) in [6, 6.07) is 5.25. The highest BCUT2D eigenvalue weighted by Gasteiger charge is 2.33. The molecule has 2 aliphatic rings. The molecule has 1 amide bonds. The summed E-state index contributed by atoms with van der Waals surface area (Å²) >= 11 is 0. The molecular formula is C16H22N2O3S. The van der Waals surface area contributed by atoms with Crippen molar-refractivity contribution in [3.05, 3.63) is 29.3 Å². The largest absolute Gasteiger partial charge is 0.341 e. The minimum Gasteiger partial charge on any atom is -0.341 e. The number of carbonyl (C=O) groups excluding carboxylic acids is 1. The van der Waals surface area contributed by atoms with Crippen LogP contribution in [0.25, 0.3) is 0 Å². The monoisotopic (exact) mass is 322 g/mol. The molecule has 3 rings (SSSR count). The van der Waals surface area contributed by atoms with Gasteiger partial charge in [-0.1, -0.05) is 0 Å². The molecule has 0 bridgehead atoms. The molecule has 1 fully saturated rings. The third-order valence-corrected chi connectivity index (χ3v) is 5.68. The summed E-state index contributed by atoms with van der Waals surface area (Å²) in [6.45, 7) is 2.70. The molecule has 1 heterocycles. The van der Waals surface area contributed by atoms with Gasteiger partial charge in [-0.05, 0) is 55.9 Å². The summed E-state index contributed by atoms with van der Waals surface area (Å²) in [6.07, 6.45) is 4.29. The van der Waals surface area contributed by atoms with Crippen LogP contribution in [-0.2, 0) is 16.4 Å². The smallest absolute Gasteiger partial charge is 0.253 e. The van der Waals surface area contributed by atoms with Crippen LogP contribution >= 0.6 is 0 Å². The van der Waals surface area contributed by atoms with E-state index in [1.165, 1.54) is 23.4 Å². The quantitative estimate of drug-likeness (QED) is 0.850. The van der Waals surface area contributed by atoms with Gasteiger partial charge in [0.1, 0.15) is 0 Å². The van der Waals surface area contributed by atoms with Crippen molar-refractivity contribution in [3.63, 3.8) is 0 Å². The fourth-order valence-corrected chi connectivity index (χ4v) is 4.50. The van der Waals surface area contributed by atoms with Crippen LogP contribution in [0.2, 0.25) is 0 Å². The average Bonchev–Trinajstić information content (AvgIpc) is 3.15. The second kappa shape index (κ2) is 5.26. The normalized spacial score (nSPS) is 20.9. The molecule has 120 valence electrons. The molecule has 1 aliphatic heterocycles. The van der Waals surface area contributed by atoms with Gasteiger partial charge < -0.3 is 4.90 Å². The van der Waals surface area contributed by atoms with Gasteiger partial charge in [0.2, 0.25) is 10.0 Å². The van der Waals surface area contributed by atoms with Gasteiger partial charge in [0, 0.05) is 25.2 Å². The summed E-state index contributed by atoms with van der Waals surface area (Å²) in [5, 5.41) is 0. The van der Waals surface area contributed by atoms with Crippen LogP contribution < -0.4 is 4.31 Å². The van der Waals surface area contributed by atoms with Crippen molar-refractivity contribution < 1.29 is 13.2 Å². The van der Waals surface area contributed by atoms with Crippen LogP contribution in [0.1, 0.15) is 35.7 Å². The first-order valence-corrected chi connectivity index (χ1v) is 9.50. The Labute approximate surface area is 132 Å². The summed E-state index contributed by atoms with van der Waals surface area (Å²) in [4.78, 5) is 14.2. The number of sulfonamides is 1. The molecule has 0 spiro atoms. The Morgan fingerprint density at radius 1 is 1.36 bits per heavy atom. The van der Waals surface area contributed by atoms with E-state index in [4.69, 9.17) is 0 Å². The lowest BCUT2D eigenvalue weighted by molar-refractivity contribution is 0.0788. The maximum absolute atomic E-state index is 12.5. The molecule has 1 saturated carbocycles. The Morgan fingerprint density at radius 3 is 2.64 bits per heavy atom. The maximum atomic E-state index is 12.5. The third kappa shape index (κ3) is 2.84. The van der Waals surface area contributed by atoms with Gasteiger partial charge in [-0.2, -0.15) is 0 Å². The lowest BCUT2D eigenvalue weighted by Crippen LogP contribution is -2.34. The Kier molecular flexibility index (Phi) is 3.67. The first kappa shape index (κ1) is 15.3. The number of carbonyl (C=O) groups is 1. The molecule has 6 heteroatoms. The molecule has 1 aliphatic carbocycles. The topological polar surface area (TPSA) is 57.7 Å². The molecule has 5 nitrogen and oxygen atoms in total. The highest BCUT2D eigenvalue weighted by molar-refractivity contribution is 7.92. The van der Waals surface area contributed by atoms with Crippen LogP contribution in [-0.4, -0.2) is 45.1 Å². The first-order chi connectivity index (χ1) is 10.3. The number of hydrogen-bond donors (Lipinski definition) is 0. The number of anilines is 1. The summed E-state index contributed by atoms with van der Waals surface area (Å²) in [5.74, 6) is 0.671. The molecule has 0 saturated heterocycles. The van der Waals surface area contributed by atoms with E-state index in [1.807, 2.05) is 20.0 Å². The van der Waals surface area contributed by atoms with Crippen molar-refractivity contribution in [2.75, 3.05) is 24.2 Å². The van der Waals surface area contributed by atoms with Crippen molar-refractivity contribution in [2.45, 2.75) is 32.2 Å². The third-order valence-electron chi connectivity index (χ3n) is 4.41. The summed E-state index contributed by atoms with van der Waals surface area (Å²) in [7, 11) is -1.45. The van der Waals surface area contributed by atoms with Crippen molar-refractivity contribution in [1.29, 1.82) is 0 Å². The Balaban J connectivity index is 1.86. The number of fused-ring (bicyclic) bond motifs is 1. The van der Waals surface area contributed by atoms with Crippen LogP contribution in [0.5, 0.6) is 0 Å². The van der Waals surface area contributed by atoms with E-state index in [-0.39, 0.29) is 11.9 Å². The molecule has 22 heavy (non-hydrogen) atoms. The SMILES string of the molecule is C[C@H]1Cc2cc(C(=O)N(C)CC3CC3)ccc2N1S(C)(=O)=O. The zero-order chi connectivity index (χ0) is 16.1. The van der Waals surface area contributed by atoms with Gasteiger partial charge in [0.15, 0.2) is 0 Å². The Morgan fingerprint density at radius 2 is 2.05 bits per heavy atom. The number of rotatable bonds is 4. The van der Waals surface area contributed by atoms with Crippen molar-refractivity contribution in [1.82, 2.24) is 4.90 Å². The number of amides is 1. The van der Waals surface area contributed by atoms with Crippen molar-refractivity contribution in [3.8, 4) is 0 Å². The van der Waals surface area contributed by atoms with E-state index < -0.39 is 10.0 Å². The van der Waals surface area contributed by atoms with E-state index in [1.54, 1.807) is 17.0 Å². The Hall–Kier alpha value is -1.56. The van der Waals surface area contributed by atoms with E-state index >= 15 is 0 Å². The second-order valence-corrected chi connectivity index (χ2v) is 8.44. The van der Waals surface area contributed by atoms with E-state index in [2.05, 4.69) is 0 Å². The number of nitrogens with zero attached hydrogens (tertiary/aromatic N) is 2. The van der Waals surface area contributed by atoms with E-state index in [0.29, 0.717) is 23.6 Å². The predicted molar refractivity (Wildman–Crippen MR) is 86.6 cm³/mol. The molecule has 1 atom stereocenters. The van der Waals surface area contributed by atoms with Gasteiger partial charge in [-0.15, -0.1) is 0 Å². The molecule has 1 aromatic rings. The van der Waals surface area contributed by atoms with Crippen LogP contribution in [0.15, 0.2) is 18.2 Å². The summed E-state index contributed by atoms with van der Waals surface area (Å²) in [5.41, 5.74) is 2.28. The minimum atomic E-state index is -3.28. The minimum absolute atomic E-state index is 0.0140. The molecule has 0 aromatic heterocycles. The maximum Gasteiger partial charge on any atom is 0.253 e. The predicted octanol–water partition coefficient (Wildman–Crippen LogP) is 1.88. The fraction of sp³-hybridized carbons (Fsp3) is 0.562. The van der Waals surface area contributed by atoms with Gasteiger partial charge >= 0.3 is 0 Å². The molecule has 0 N–H and O–H groups in total.